The van der Waals surface area contributed by atoms with Gasteiger partial charge < -0.3 is 14.9 Å². The average molecular weight is 360 g/mol. The SMILES string of the molecule is CCCOC(=O)CN(CCN(CC(=O)O)CC(=O)CCC)CC(=O)O. The van der Waals surface area contributed by atoms with E-state index in [1.807, 2.05) is 13.8 Å². The Labute approximate surface area is 147 Å². The lowest BCUT2D eigenvalue weighted by molar-refractivity contribution is -0.147. The normalized spacial score (nSPS) is 10.9. The van der Waals surface area contributed by atoms with Gasteiger partial charge in [0.25, 0.3) is 0 Å². The molecule has 0 aliphatic rings. The Morgan fingerprint density at radius 1 is 0.800 bits per heavy atom. The highest BCUT2D eigenvalue weighted by Gasteiger charge is 2.19. The molecule has 0 unspecified atom stereocenters. The number of aliphatic carboxylic acids is 2. The van der Waals surface area contributed by atoms with E-state index in [2.05, 4.69) is 0 Å². The van der Waals surface area contributed by atoms with Gasteiger partial charge >= 0.3 is 17.9 Å². The van der Waals surface area contributed by atoms with Gasteiger partial charge in [-0.25, -0.2) is 0 Å². The van der Waals surface area contributed by atoms with Crippen LogP contribution in [-0.2, 0) is 23.9 Å². The highest BCUT2D eigenvalue weighted by molar-refractivity contribution is 5.81. The smallest absolute Gasteiger partial charge is 0.320 e. The molecule has 9 heteroatoms. The van der Waals surface area contributed by atoms with Crippen molar-refractivity contribution in [3.05, 3.63) is 0 Å². The van der Waals surface area contributed by atoms with Crippen LogP contribution in [0.2, 0.25) is 0 Å². The van der Waals surface area contributed by atoms with Crippen molar-refractivity contribution in [1.29, 1.82) is 0 Å². The number of Topliss-reactive ketones (excluding diaryl/α,β-unsaturated/α-hetero) is 1. The van der Waals surface area contributed by atoms with E-state index in [1.54, 1.807) is 0 Å². The van der Waals surface area contributed by atoms with Crippen molar-refractivity contribution >= 4 is 23.7 Å². The second-order valence-corrected chi connectivity index (χ2v) is 5.72. The van der Waals surface area contributed by atoms with Gasteiger partial charge in [0.15, 0.2) is 0 Å². The van der Waals surface area contributed by atoms with Crippen molar-refractivity contribution < 1.29 is 34.1 Å². The Hall–Kier alpha value is -2.00. The van der Waals surface area contributed by atoms with Crippen molar-refractivity contribution in [2.75, 3.05) is 45.9 Å². The second-order valence-electron chi connectivity index (χ2n) is 5.72. The molecule has 0 saturated heterocycles. The van der Waals surface area contributed by atoms with Gasteiger partial charge in [0.2, 0.25) is 0 Å². The fourth-order valence-electron chi connectivity index (χ4n) is 2.14. The molecule has 0 bridgehead atoms. The van der Waals surface area contributed by atoms with Gasteiger partial charge in [0.05, 0.1) is 32.8 Å². The summed E-state index contributed by atoms with van der Waals surface area (Å²) < 4.78 is 4.94. The van der Waals surface area contributed by atoms with Crippen molar-refractivity contribution in [2.24, 2.45) is 0 Å². The van der Waals surface area contributed by atoms with E-state index in [-0.39, 0.29) is 51.7 Å². The number of rotatable bonds is 15. The van der Waals surface area contributed by atoms with E-state index in [1.165, 1.54) is 9.80 Å². The molecule has 0 aliphatic heterocycles. The van der Waals surface area contributed by atoms with Crippen molar-refractivity contribution in [1.82, 2.24) is 9.80 Å². The van der Waals surface area contributed by atoms with Crippen LogP contribution in [0.15, 0.2) is 0 Å². The standard InChI is InChI=1S/C16H28N2O7/c1-3-5-13(19)9-17(10-14(20)21)6-7-18(11-15(22)23)12-16(24)25-8-4-2/h3-12H2,1-2H3,(H,20,21)(H,22,23). The van der Waals surface area contributed by atoms with Gasteiger partial charge in [-0.3, -0.25) is 29.0 Å². The van der Waals surface area contributed by atoms with Gasteiger partial charge in [-0.15, -0.1) is 0 Å². The highest BCUT2D eigenvalue weighted by Crippen LogP contribution is 1.98. The summed E-state index contributed by atoms with van der Waals surface area (Å²) in [5.41, 5.74) is 0. The predicted molar refractivity (Wildman–Crippen MR) is 89.3 cm³/mol. The molecule has 0 atom stereocenters. The van der Waals surface area contributed by atoms with Crippen molar-refractivity contribution in [3.8, 4) is 0 Å². The van der Waals surface area contributed by atoms with E-state index in [4.69, 9.17) is 14.9 Å². The maximum atomic E-state index is 11.7. The molecular formula is C16H28N2O7. The van der Waals surface area contributed by atoms with E-state index < -0.39 is 17.9 Å². The zero-order chi connectivity index (χ0) is 19.2. The molecule has 0 radical (unpaired) electrons. The van der Waals surface area contributed by atoms with E-state index in [9.17, 15) is 19.2 Å². The van der Waals surface area contributed by atoms with E-state index in [0.29, 0.717) is 19.3 Å². The summed E-state index contributed by atoms with van der Waals surface area (Å²) in [6, 6.07) is 0. The van der Waals surface area contributed by atoms with Crippen molar-refractivity contribution in [3.63, 3.8) is 0 Å². The Morgan fingerprint density at radius 3 is 1.76 bits per heavy atom. The molecular weight excluding hydrogens is 332 g/mol. The number of esters is 1. The Morgan fingerprint density at radius 2 is 1.32 bits per heavy atom. The molecule has 0 heterocycles. The van der Waals surface area contributed by atoms with Gasteiger partial charge in [0, 0.05) is 19.5 Å². The number of nitrogens with zero attached hydrogens (tertiary/aromatic N) is 2. The van der Waals surface area contributed by atoms with Crippen LogP contribution in [-0.4, -0.2) is 89.6 Å². The van der Waals surface area contributed by atoms with Crippen LogP contribution in [0, 0.1) is 0 Å². The summed E-state index contributed by atoms with van der Waals surface area (Å²) in [5, 5.41) is 17.9. The first-order chi connectivity index (χ1) is 11.8. The minimum absolute atomic E-state index is 0.0126. The van der Waals surface area contributed by atoms with Crippen LogP contribution in [0.3, 0.4) is 0 Å². The van der Waals surface area contributed by atoms with Gasteiger partial charge in [-0.1, -0.05) is 13.8 Å². The third kappa shape index (κ3) is 13.0. The summed E-state index contributed by atoms with van der Waals surface area (Å²) in [6.45, 7) is 3.36. The molecule has 0 rings (SSSR count). The average Bonchev–Trinajstić information content (AvgIpc) is 2.49. The minimum atomic E-state index is -1.10. The number of carbonyl (C=O) groups is 4. The largest absolute Gasteiger partial charge is 0.480 e. The molecule has 9 nitrogen and oxygen atoms in total. The summed E-state index contributed by atoms with van der Waals surface area (Å²) in [6.07, 6.45) is 1.70. The second kappa shape index (κ2) is 13.3. The molecule has 2 N–H and O–H groups in total. The van der Waals surface area contributed by atoms with Gasteiger partial charge in [-0.2, -0.15) is 0 Å². The number of hydrogen-bond donors (Lipinski definition) is 2. The monoisotopic (exact) mass is 360 g/mol. The van der Waals surface area contributed by atoms with Crippen LogP contribution in [0.25, 0.3) is 0 Å². The Balaban J connectivity index is 4.68. The van der Waals surface area contributed by atoms with Gasteiger partial charge in [0.1, 0.15) is 5.78 Å². The fraction of sp³-hybridized carbons (Fsp3) is 0.750. The molecule has 0 aromatic rings. The lowest BCUT2D eigenvalue weighted by Crippen LogP contribution is -2.43. The fourth-order valence-corrected chi connectivity index (χ4v) is 2.14. The molecule has 0 amide bonds. The van der Waals surface area contributed by atoms with Crippen molar-refractivity contribution in [2.45, 2.75) is 33.1 Å². The number of carboxylic acids is 2. The number of hydrogen-bond acceptors (Lipinski definition) is 7. The van der Waals surface area contributed by atoms with Crippen LogP contribution >= 0.6 is 0 Å². The summed E-state index contributed by atoms with van der Waals surface area (Å²) in [5.74, 6) is -2.78. The highest BCUT2D eigenvalue weighted by atomic mass is 16.5. The predicted octanol–water partition coefficient (Wildman–Crippen LogP) is 0.0820. The molecule has 25 heavy (non-hydrogen) atoms. The lowest BCUT2D eigenvalue weighted by Gasteiger charge is -2.24. The lowest BCUT2D eigenvalue weighted by atomic mass is 10.2. The first kappa shape index (κ1) is 23.0. The van der Waals surface area contributed by atoms with E-state index in [0.717, 1.165) is 0 Å². The van der Waals surface area contributed by atoms with Crippen LogP contribution < -0.4 is 0 Å². The molecule has 0 spiro atoms. The Kier molecular flexibility index (Phi) is 12.2. The number of ether oxygens (including phenoxy) is 1. The molecule has 0 aromatic heterocycles. The molecule has 144 valence electrons. The first-order valence-corrected chi connectivity index (χ1v) is 8.34. The third-order valence-electron chi connectivity index (χ3n) is 3.20. The summed E-state index contributed by atoms with van der Waals surface area (Å²) >= 11 is 0. The first-order valence-electron chi connectivity index (χ1n) is 8.34. The third-order valence-corrected chi connectivity index (χ3v) is 3.20. The van der Waals surface area contributed by atoms with Gasteiger partial charge in [-0.05, 0) is 12.8 Å². The molecule has 0 aliphatic carbocycles. The van der Waals surface area contributed by atoms with E-state index >= 15 is 0 Å². The van der Waals surface area contributed by atoms with Crippen LogP contribution in [0.1, 0.15) is 33.1 Å². The zero-order valence-corrected chi connectivity index (χ0v) is 14.9. The molecule has 0 aromatic carbocycles. The maximum absolute atomic E-state index is 11.7. The zero-order valence-electron chi connectivity index (χ0n) is 14.9. The molecule has 0 fully saturated rings. The minimum Gasteiger partial charge on any atom is -0.480 e. The quantitative estimate of drug-likeness (QED) is 0.391. The summed E-state index contributed by atoms with van der Waals surface area (Å²) in [7, 11) is 0. The maximum Gasteiger partial charge on any atom is 0.320 e. The molecule has 0 saturated carbocycles. The van der Waals surface area contributed by atoms with Crippen LogP contribution in [0.5, 0.6) is 0 Å². The topological polar surface area (TPSA) is 124 Å². The Bertz CT molecular complexity index is 454. The summed E-state index contributed by atoms with van der Waals surface area (Å²) in [4.78, 5) is 48.1. The van der Waals surface area contributed by atoms with Crippen LogP contribution in [0.4, 0.5) is 0 Å². The number of carboxylic acid groups (broad SMARTS) is 2. The number of ketones is 1. The number of carbonyl (C=O) groups excluding carboxylic acids is 2.